The Bertz CT molecular complexity index is 876. The molecule has 1 aliphatic rings. The van der Waals surface area contributed by atoms with E-state index in [0.717, 1.165) is 28.6 Å². The molecule has 4 heteroatoms. The van der Waals surface area contributed by atoms with Crippen molar-refractivity contribution in [2.24, 2.45) is 0 Å². The van der Waals surface area contributed by atoms with Gasteiger partial charge in [-0.1, -0.05) is 42.5 Å². The molecule has 0 unspecified atom stereocenters. The number of fused-ring (bicyclic) bond motifs is 2. The summed E-state index contributed by atoms with van der Waals surface area (Å²) in [5.74, 6) is 0.688. The Labute approximate surface area is 134 Å². The predicted octanol–water partition coefficient (Wildman–Crippen LogP) is 3.49. The van der Waals surface area contributed by atoms with Crippen LogP contribution in [0.3, 0.4) is 0 Å². The molecule has 0 saturated heterocycles. The molecule has 23 heavy (non-hydrogen) atoms. The normalized spacial score (nSPS) is 16.4. The summed E-state index contributed by atoms with van der Waals surface area (Å²) in [5.41, 5.74) is 2.29. The van der Waals surface area contributed by atoms with Gasteiger partial charge in [-0.2, -0.15) is 0 Å². The zero-order valence-electron chi connectivity index (χ0n) is 12.5. The zero-order chi connectivity index (χ0) is 15.6. The third kappa shape index (κ3) is 2.63. The summed E-state index contributed by atoms with van der Waals surface area (Å²) in [6, 6.07) is 19.3. The van der Waals surface area contributed by atoms with E-state index in [-0.39, 0.29) is 11.9 Å². The first-order valence-electron chi connectivity index (χ1n) is 7.70. The summed E-state index contributed by atoms with van der Waals surface area (Å²) >= 11 is 0. The van der Waals surface area contributed by atoms with Crippen molar-refractivity contribution in [1.82, 2.24) is 10.3 Å². The first kappa shape index (κ1) is 13.8. The summed E-state index contributed by atoms with van der Waals surface area (Å²) in [5, 5.41) is 4.10. The van der Waals surface area contributed by atoms with Crippen LogP contribution in [0.4, 0.5) is 0 Å². The molecule has 0 bridgehead atoms. The quantitative estimate of drug-likeness (QED) is 0.788. The van der Waals surface area contributed by atoms with Crippen LogP contribution in [0.1, 0.15) is 28.5 Å². The van der Waals surface area contributed by atoms with Crippen LogP contribution < -0.4 is 10.1 Å². The van der Waals surface area contributed by atoms with Crippen LogP contribution in [0.25, 0.3) is 10.9 Å². The van der Waals surface area contributed by atoms with Gasteiger partial charge in [0.1, 0.15) is 11.4 Å². The minimum absolute atomic E-state index is 0.0410. The molecule has 2 aromatic carbocycles. The van der Waals surface area contributed by atoms with Crippen LogP contribution in [0.15, 0.2) is 60.7 Å². The minimum Gasteiger partial charge on any atom is -0.493 e. The standard InChI is InChI=1S/C19H16N2O2/c22-19(17-10-9-13-5-1-3-7-15(13)20-17)21-16-11-12-23-18-8-4-2-6-14(16)18/h1-10,16H,11-12H2,(H,21,22)/t16-/m1/s1. The third-order valence-electron chi connectivity index (χ3n) is 4.09. The maximum Gasteiger partial charge on any atom is 0.270 e. The number of nitrogens with one attached hydrogen (secondary N) is 1. The van der Waals surface area contributed by atoms with Gasteiger partial charge in [0.2, 0.25) is 0 Å². The second kappa shape index (κ2) is 5.72. The molecule has 0 aliphatic carbocycles. The SMILES string of the molecule is O=C(N[C@@H]1CCOc2ccccc21)c1ccc2ccccc2n1. The van der Waals surface area contributed by atoms with E-state index in [9.17, 15) is 4.79 Å². The van der Waals surface area contributed by atoms with Crippen molar-refractivity contribution < 1.29 is 9.53 Å². The molecule has 2 heterocycles. The van der Waals surface area contributed by atoms with Crippen LogP contribution in [-0.4, -0.2) is 17.5 Å². The van der Waals surface area contributed by atoms with Gasteiger partial charge in [0.05, 0.1) is 18.2 Å². The number of aromatic nitrogens is 1. The Hall–Kier alpha value is -2.88. The van der Waals surface area contributed by atoms with Crippen LogP contribution in [-0.2, 0) is 0 Å². The first-order chi connectivity index (χ1) is 11.3. The van der Waals surface area contributed by atoms with Crippen molar-refractivity contribution in [1.29, 1.82) is 0 Å². The van der Waals surface area contributed by atoms with Crippen molar-refractivity contribution in [3.8, 4) is 5.75 Å². The maximum absolute atomic E-state index is 12.6. The van der Waals surface area contributed by atoms with Gasteiger partial charge < -0.3 is 10.1 Å². The number of hydrogen-bond donors (Lipinski definition) is 1. The molecule has 1 aliphatic heterocycles. The highest BCUT2D eigenvalue weighted by atomic mass is 16.5. The fourth-order valence-electron chi connectivity index (χ4n) is 2.92. The largest absolute Gasteiger partial charge is 0.493 e. The number of hydrogen-bond acceptors (Lipinski definition) is 3. The second-order valence-corrected chi connectivity index (χ2v) is 5.59. The molecule has 0 radical (unpaired) electrons. The zero-order valence-corrected chi connectivity index (χ0v) is 12.5. The summed E-state index contributed by atoms with van der Waals surface area (Å²) in [4.78, 5) is 17.0. The number of nitrogens with zero attached hydrogens (tertiary/aromatic N) is 1. The molecule has 0 saturated carbocycles. The number of pyridine rings is 1. The second-order valence-electron chi connectivity index (χ2n) is 5.59. The highest BCUT2D eigenvalue weighted by molar-refractivity contribution is 5.95. The van der Waals surface area contributed by atoms with Crippen LogP contribution in [0.5, 0.6) is 5.75 Å². The Morgan fingerprint density at radius 2 is 1.87 bits per heavy atom. The van der Waals surface area contributed by atoms with Crippen LogP contribution in [0, 0.1) is 0 Å². The molecule has 114 valence electrons. The summed E-state index contributed by atoms with van der Waals surface area (Å²) in [6.07, 6.45) is 0.760. The van der Waals surface area contributed by atoms with Gasteiger partial charge in [0.15, 0.2) is 0 Å². The minimum atomic E-state index is -0.155. The Kier molecular flexibility index (Phi) is 3.42. The van der Waals surface area contributed by atoms with Gasteiger partial charge in [-0.25, -0.2) is 4.98 Å². The van der Waals surface area contributed by atoms with Gasteiger partial charge in [-0.3, -0.25) is 4.79 Å². The highest BCUT2D eigenvalue weighted by Gasteiger charge is 2.23. The smallest absolute Gasteiger partial charge is 0.270 e. The monoisotopic (exact) mass is 304 g/mol. The van der Waals surface area contributed by atoms with Gasteiger partial charge in [0.25, 0.3) is 5.91 Å². The molecule has 0 spiro atoms. The number of benzene rings is 2. The number of rotatable bonds is 2. The molecule has 1 atom stereocenters. The van der Waals surface area contributed by atoms with Gasteiger partial charge in [0, 0.05) is 17.4 Å². The molecular formula is C19H16N2O2. The number of carbonyl (C=O) groups excluding carboxylic acids is 1. The van der Waals surface area contributed by atoms with E-state index < -0.39 is 0 Å². The fourth-order valence-corrected chi connectivity index (χ4v) is 2.92. The van der Waals surface area contributed by atoms with E-state index in [0.29, 0.717) is 12.3 Å². The van der Waals surface area contributed by atoms with E-state index >= 15 is 0 Å². The van der Waals surface area contributed by atoms with E-state index in [4.69, 9.17) is 4.74 Å². The lowest BCUT2D eigenvalue weighted by Gasteiger charge is -2.26. The Morgan fingerprint density at radius 3 is 2.83 bits per heavy atom. The van der Waals surface area contributed by atoms with E-state index in [1.165, 1.54) is 0 Å². The first-order valence-corrected chi connectivity index (χ1v) is 7.70. The lowest BCUT2D eigenvalue weighted by atomic mass is 10.0. The van der Waals surface area contributed by atoms with E-state index in [1.807, 2.05) is 54.6 Å². The fraction of sp³-hybridized carbons (Fsp3) is 0.158. The molecule has 4 nitrogen and oxygen atoms in total. The van der Waals surface area contributed by atoms with Crippen molar-refractivity contribution in [3.05, 3.63) is 71.9 Å². The van der Waals surface area contributed by atoms with Gasteiger partial charge in [-0.15, -0.1) is 0 Å². The average Bonchev–Trinajstić information content (AvgIpc) is 2.61. The number of para-hydroxylation sites is 2. The average molecular weight is 304 g/mol. The van der Waals surface area contributed by atoms with Crippen molar-refractivity contribution in [3.63, 3.8) is 0 Å². The Balaban J connectivity index is 1.60. The van der Waals surface area contributed by atoms with E-state index in [1.54, 1.807) is 6.07 Å². The van der Waals surface area contributed by atoms with E-state index in [2.05, 4.69) is 10.3 Å². The summed E-state index contributed by atoms with van der Waals surface area (Å²) in [6.45, 7) is 0.604. The summed E-state index contributed by atoms with van der Waals surface area (Å²) < 4.78 is 5.63. The van der Waals surface area contributed by atoms with Crippen molar-refractivity contribution in [2.45, 2.75) is 12.5 Å². The third-order valence-corrected chi connectivity index (χ3v) is 4.09. The maximum atomic E-state index is 12.6. The molecule has 0 fully saturated rings. The number of amides is 1. The van der Waals surface area contributed by atoms with Crippen LogP contribution in [0.2, 0.25) is 0 Å². The van der Waals surface area contributed by atoms with Crippen LogP contribution >= 0.6 is 0 Å². The lowest BCUT2D eigenvalue weighted by Crippen LogP contribution is -2.32. The molecule has 3 aromatic rings. The molecular weight excluding hydrogens is 288 g/mol. The predicted molar refractivity (Wildman–Crippen MR) is 88.5 cm³/mol. The topological polar surface area (TPSA) is 51.2 Å². The number of ether oxygens (including phenoxy) is 1. The van der Waals surface area contributed by atoms with Gasteiger partial charge >= 0.3 is 0 Å². The van der Waals surface area contributed by atoms with Gasteiger partial charge in [-0.05, 0) is 18.2 Å². The molecule has 1 amide bonds. The molecule has 1 aromatic heterocycles. The Morgan fingerprint density at radius 1 is 1.04 bits per heavy atom. The molecule has 4 rings (SSSR count). The highest BCUT2D eigenvalue weighted by Crippen LogP contribution is 2.31. The van der Waals surface area contributed by atoms with Crippen molar-refractivity contribution >= 4 is 16.8 Å². The lowest BCUT2D eigenvalue weighted by molar-refractivity contribution is 0.0920. The van der Waals surface area contributed by atoms with Crippen molar-refractivity contribution in [2.75, 3.05) is 6.61 Å². The number of carbonyl (C=O) groups is 1. The molecule has 1 N–H and O–H groups in total. The summed E-state index contributed by atoms with van der Waals surface area (Å²) in [7, 11) is 0.